The van der Waals surface area contributed by atoms with Crippen LogP contribution in [0.25, 0.3) is 10.8 Å². The van der Waals surface area contributed by atoms with Gasteiger partial charge in [-0.15, -0.1) is 0 Å². The molecule has 112 valence electrons. The van der Waals surface area contributed by atoms with E-state index < -0.39 is 0 Å². The van der Waals surface area contributed by atoms with Crippen molar-refractivity contribution in [2.45, 2.75) is 39.0 Å². The van der Waals surface area contributed by atoms with Gasteiger partial charge in [0.15, 0.2) is 0 Å². The van der Waals surface area contributed by atoms with E-state index in [1.165, 1.54) is 10.8 Å². The number of morpholine rings is 1. The molecule has 0 bridgehead atoms. The van der Waals surface area contributed by atoms with E-state index in [0.717, 1.165) is 31.0 Å². The molecule has 1 saturated heterocycles. The molecule has 4 heteroatoms. The topological polar surface area (TPSA) is 51.4 Å². The van der Waals surface area contributed by atoms with Crippen molar-refractivity contribution >= 4 is 16.6 Å². The lowest BCUT2D eigenvalue weighted by atomic mass is 10.0. The Morgan fingerprint density at radius 3 is 2.81 bits per heavy atom. The van der Waals surface area contributed by atoms with E-state index in [4.69, 9.17) is 15.5 Å². The second-order valence-electron chi connectivity index (χ2n) is 5.72. The normalized spacial score (nSPS) is 22.7. The van der Waals surface area contributed by atoms with Crippen molar-refractivity contribution in [2.24, 2.45) is 5.73 Å². The molecule has 0 aliphatic carbocycles. The first-order chi connectivity index (χ1) is 10.2. The maximum absolute atomic E-state index is 5.85. The molecule has 1 aliphatic rings. The number of rotatable bonds is 3. The summed E-state index contributed by atoms with van der Waals surface area (Å²) in [7, 11) is 0. The Labute approximate surface area is 125 Å². The SMILES string of the molecule is CCC1COC(C)CN1c1ncc(CN)c2ccccc12. The van der Waals surface area contributed by atoms with Gasteiger partial charge in [-0.05, 0) is 24.3 Å². The van der Waals surface area contributed by atoms with E-state index in [1.54, 1.807) is 0 Å². The monoisotopic (exact) mass is 285 g/mol. The Hall–Kier alpha value is -1.65. The third kappa shape index (κ3) is 2.61. The molecule has 2 aromatic rings. The first kappa shape index (κ1) is 14.3. The molecule has 0 radical (unpaired) electrons. The van der Waals surface area contributed by atoms with Crippen molar-refractivity contribution in [3.8, 4) is 0 Å². The minimum Gasteiger partial charge on any atom is -0.375 e. The summed E-state index contributed by atoms with van der Waals surface area (Å²) < 4.78 is 5.80. The van der Waals surface area contributed by atoms with Crippen molar-refractivity contribution in [2.75, 3.05) is 18.1 Å². The van der Waals surface area contributed by atoms with Gasteiger partial charge in [-0.3, -0.25) is 0 Å². The highest BCUT2D eigenvalue weighted by Crippen LogP contribution is 2.30. The molecule has 1 aromatic carbocycles. The molecule has 2 N–H and O–H groups in total. The van der Waals surface area contributed by atoms with Gasteiger partial charge in [0.25, 0.3) is 0 Å². The molecule has 2 unspecified atom stereocenters. The fourth-order valence-corrected chi connectivity index (χ4v) is 3.07. The molecule has 2 heterocycles. The van der Waals surface area contributed by atoms with Crippen molar-refractivity contribution in [1.82, 2.24) is 4.98 Å². The molecule has 1 fully saturated rings. The van der Waals surface area contributed by atoms with Crippen LogP contribution in [0.4, 0.5) is 5.82 Å². The Kier molecular flexibility index (Phi) is 4.08. The van der Waals surface area contributed by atoms with Crippen LogP contribution in [0.1, 0.15) is 25.8 Å². The van der Waals surface area contributed by atoms with Crippen LogP contribution >= 0.6 is 0 Å². The van der Waals surface area contributed by atoms with Gasteiger partial charge >= 0.3 is 0 Å². The van der Waals surface area contributed by atoms with Crippen LogP contribution in [0.5, 0.6) is 0 Å². The van der Waals surface area contributed by atoms with Gasteiger partial charge in [-0.2, -0.15) is 0 Å². The molecule has 0 amide bonds. The van der Waals surface area contributed by atoms with Gasteiger partial charge in [0, 0.05) is 24.7 Å². The predicted octanol–water partition coefficient (Wildman–Crippen LogP) is 2.70. The summed E-state index contributed by atoms with van der Waals surface area (Å²) in [5.74, 6) is 1.06. The van der Waals surface area contributed by atoms with E-state index >= 15 is 0 Å². The van der Waals surface area contributed by atoms with E-state index in [0.29, 0.717) is 12.6 Å². The number of nitrogens with zero attached hydrogens (tertiary/aromatic N) is 2. The number of ether oxygens (including phenoxy) is 1. The lowest BCUT2D eigenvalue weighted by Gasteiger charge is -2.39. The highest BCUT2D eigenvalue weighted by molar-refractivity contribution is 5.94. The molecular formula is C17H23N3O. The summed E-state index contributed by atoms with van der Waals surface area (Å²) in [6, 6.07) is 8.79. The second-order valence-corrected chi connectivity index (χ2v) is 5.72. The van der Waals surface area contributed by atoms with Gasteiger partial charge in [-0.25, -0.2) is 4.98 Å². The molecule has 1 aliphatic heterocycles. The molecule has 2 atom stereocenters. The Morgan fingerprint density at radius 1 is 1.33 bits per heavy atom. The maximum Gasteiger partial charge on any atom is 0.136 e. The van der Waals surface area contributed by atoms with Gasteiger partial charge in [0.05, 0.1) is 18.8 Å². The summed E-state index contributed by atoms with van der Waals surface area (Å²) in [6.45, 7) is 6.50. The first-order valence-corrected chi connectivity index (χ1v) is 7.69. The van der Waals surface area contributed by atoms with E-state index in [2.05, 4.69) is 43.0 Å². The zero-order valence-electron chi connectivity index (χ0n) is 12.7. The zero-order valence-corrected chi connectivity index (χ0v) is 12.7. The van der Waals surface area contributed by atoms with Gasteiger partial charge in [-0.1, -0.05) is 31.2 Å². The summed E-state index contributed by atoms with van der Waals surface area (Å²) in [4.78, 5) is 7.12. The Morgan fingerprint density at radius 2 is 2.10 bits per heavy atom. The number of hydrogen-bond acceptors (Lipinski definition) is 4. The van der Waals surface area contributed by atoms with Crippen LogP contribution in [0, 0.1) is 0 Å². The average molecular weight is 285 g/mol. The molecule has 21 heavy (non-hydrogen) atoms. The molecule has 4 nitrogen and oxygen atoms in total. The largest absolute Gasteiger partial charge is 0.375 e. The molecule has 1 aromatic heterocycles. The van der Waals surface area contributed by atoms with Crippen LogP contribution in [-0.2, 0) is 11.3 Å². The number of nitrogens with two attached hydrogens (primary N) is 1. The van der Waals surface area contributed by atoms with Crippen LogP contribution in [-0.4, -0.2) is 30.3 Å². The zero-order chi connectivity index (χ0) is 14.8. The van der Waals surface area contributed by atoms with Crippen LogP contribution < -0.4 is 10.6 Å². The Bertz CT molecular complexity index is 628. The summed E-state index contributed by atoms with van der Waals surface area (Å²) in [6.07, 6.45) is 3.22. The number of hydrogen-bond donors (Lipinski definition) is 1. The fourth-order valence-electron chi connectivity index (χ4n) is 3.07. The van der Waals surface area contributed by atoms with Crippen LogP contribution in [0.3, 0.4) is 0 Å². The van der Waals surface area contributed by atoms with Crippen molar-refractivity contribution in [3.63, 3.8) is 0 Å². The first-order valence-electron chi connectivity index (χ1n) is 7.69. The fraction of sp³-hybridized carbons (Fsp3) is 0.471. The number of benzene rings is 1. The third-order valence-electron chi connectivity index (χ3n) is 4.29. The molecular weight excluding hydrogens is 262 g/mol. The van der Waals surface area contributed by atoms with Gasteiger partial charge in [0.2, 0.25) is 0 Å². The van der Waals surface area contributed by atoms with Crippen molar-refractivity contribution < 1.29 is 4.74 Å². The number of pyridine rings is 1. The minimum atomic E-state index is 0.238. The molecule has 0 spiro atoms. The summed E-state index contributed by atoms with van der Waals surface area (Å²) in [5.41, 5.74) is 6.95. The van der Waals surface area contributed by atoms with Crippen LogP contribution in [0.15, 0.2) is 30.5 Å². The highest BCUT2D eigenvalue weighted by Gasteiger charge is 2.27. The molecule has 3 rings (SSSR count). The molecule has 0 saturated carbocycles. The quantitative estimate of drug-likeness (QED) is 0.942. The smallest absolute Gasteiger partial charge is 0.136 e. The number of fused-ring (bicyclic) bond motifs is 1. The van der Waals surface area contributed by atoms with E-state index in [1.807, 2.05) is 6.20 Å². The predicted molar refractivity (Wildman–Crippen MR) is 86.5 cm³/mol. The van der Waals surface area contributed by atoms with Gasteiger partial charge < -0.3 is 15.4 Å². The highest BCUT2D eigenvalue weighted by atomic mass is 16.5. The summed E-state index contributed by atoms with van der Waals surface area (Å²) in [5, 5.41) is 2.40. The van der Waals surface area contributed by atoms with Crippen LogP contribution in [0.2, 0.25) is 0 Å². The van der Waals surface area contributed by atoms with Crippen molar-refractivity contribution in [1.29, 1.82) is 0 Å². The average Bonchev–Trinajstić information content (AvgIpc) is 2.53. The van der Waals surface area contributed by atoms with Gasteiger partial charge in [0.1, 0.15) is 5.82 Å². The third-order valence-corrected chi connectivity index (χ3v) is 4.29. The maximum atomic E-state index is 5.85. The number of anilines is 1. The summed E-state index contributed by atoms with van der Waals surface area (Å²) >= 11 is 0. The number of aromatic nitrogens is 1. The minimum absolute atomic E-state index is 0.238. The van der Waals surface area contributed by atoms with E-state index in [-0.39, 0.29) is 6.10 Å². The lowest BCUT2D eigenvalue weighted by molar-refractivity contribution is 0.0297. The Balaban J connectivity index is 2.11. The standard InChI is InChI=1S/C17H23N3O/c1-3-14-11-21-12(2)10-20(14)17-16-7-5-4-6-15(16)13(8-18)9-19-17/h4-7,9,12,14H,3,8,10-11,18H2,1-2H3. The van der Waals surface area contributed by atoms with Crippen molar-refractivity contribution in [3.05, 3.63) is 36.0 Å². The lowest BCUT2D eigenvalue weighted by Crippen LogP contribution is -2.49. The van der Waals surface area contributed by atoms with E-state index in [9.17, 15) is 0 Å². The second kappa shape index (κ2) is 6.00.